The van der Waals surface area contributed by atoms with Gasteiger partial charge in [-0.2, -0.15) is 0 Å². The number of rotatable bonds is 0. The van der Waals surface area contributed by atoms with E-state index in [9.17, 15) is 0 Å². The number of hydrogen-bond acceptors (Lipinski definition) is 0. The Bertz CT molecular complexity index is 582. The van der Waals surface area contributed by atoms with Gasteiger partial charge in [0.25, 0.3) is 11.5 Å². The monoisotopic (exact) mass is 225 g/mol. The molecule has 1 aliphatic heterocycles. The average Bonchev–Trinajstić information content (AvgIpc) is 2.28. The van der Waals surface area contributed by atoms with Crippen LogP contribution in [0.25, 0.3) is 0 Å². The molecule has 1 heteroatoms. The Morgan fingerprint density at radius 1 is 0.882 bits per heavy atom. The highest BCUT2D eigenvalue weighted by Gasteiger charge is 2.38. The van der Waals surface area contributed by atoms with Crippen molar-refractivity contribution in [1.29, 1.82) is 0 Å². The second-order valence-electron chi connectivity index (χ2n) is 5.22. The summed E-state index contributed by atoms with van der Waals surface area (Å²) in [6, 6.07) is 14.8. The molecular weight excluding hydrogens is 208 g/mol. The number of ether oxygens (including phenoxy) is 1. The molecule has 86 valence electrons. The number of hydrogen-bond donors (Lipinski definition) is 0. The molecule has 1 N–H and O–H groups in total. The maximum Gasteiger partial charge on any atom is 0.265 e. The molecule has 0 radical (unpaired) electrons. The zero-order valence-electron chi connectivity index (χ0n) is 10.5. The zero-order valence-corrected chi connectivity index (χ0v) is 10.5. The predicted molar refractivity (Wildman–Crippen MR) is 70.9 cm³/mol. The van der Waals surface area contributed by atoms with Crippen molar-refractivity contribution >= 4 is 0 Å². The summed E-state index contributed by atoms with van der Waals surface area (Å²) < 4.78 is 4.77. The molecule has 1 nitrogen and oxygen atoms in total. The largest absolute Gasteiger partial charge is 0.546 e. The molecule has 0 aromatic heterocycles. The maximum absolute atomic E-state index is 4.77. The first kappa shape index (κ1) is 10.4. The van der Waals surface area contributed by atoms with Gasteiger partial charge in [0, 0.05) is 17.5 Å². The highest BCUT2D eigenvalue weighted by atomic mass is 16.5. The Hall–Kier alpha value is -1.76. The van der Waals surface area contributed by atoms with Crippen LogP contribution in [-0.2, 0) is 5.41 Å². The van der Waals surface area contributed by atoms with E-state index in [4.69, 9.17) is 4.74 Å². The minimum atomic E-state index is 0.0407. The van der Waals surface area contributed by atoms with Crippen LogP contribution in [0.5, 0.6) is 11.5 Å². The third-order valence-corrected chi connectivity index (χ3v) is 3.69. The Morgan fingerprint density at radius 2 is 1.59 bits per heavy atom. The van der Waals surface area contributed by atoms with Crippen molar-refractivity contribution in [2.24, 2.45) is 0 Å². The molecule has 0 bridgehead atoms. The maximum atomic E-state index is 4.77. The number of para-hydroxylation sites is 1. The summed E-state index contributed by atoms with van der Waals surface area (Å²) in [5.74, 6) is 2.23. The molecule has 3 rings (SSSR count). The van der Waals surface area contributed by atoms with Crippen LogP contribution in [0.3, 0.4) is 0 Å². The van der Waals surface area contributed by atoms with E-state index in [1.54, 1.807) is 0 Å². The summed E-state index contributed by atoms with van der Waals surface area (Å²) in [4.78, 5) is 0. The molecular formula is C16H17O+. The summed E-state index contributed by atoms with van der Waals surface area (Å²) in [6.07, 6.45) is 0. The molecule has 0 saturated heterocycles. The van der Waals surface area contributed by atoms with Crippen LogP contribution in [0.15, 0.2) is 42.5 Å². The fraction of sp³-hybridized carbons (Fsp3) is 0.250. The predicted octanol–water partition coefficient (Wildman–Crippen LogP) is 4.29. The fourth-order valence-corrected chi connectivity index (χ4v) is 2.92. The average molecular weight is 225 g/mol. The van der Waals surface area contributed by atoms with Gasteiger partial charge in [-0.05, 0) is 18.6 Å². The SMILES string of the molecule is Cc1cccc2c1C(C)(C)c1ccccc1[OH+]2. The van der Waals surface area contributed by atoms with Crippen LogP contribution in [0.1, 0.15) is 30.5 Å². The van der Waals surface area contributed by atoms with Crippen LogP contribution in [-0.4, -0.2) is 4.74 Å². The van der Waals surface area contributed by atoms with Gasteiger partial charge in [0.1, 0.15) is 0 Å². The number of fused-ring (bicyclic) bond motifs is 2. The smallest absolute Gasteiger partial charge is 0.265 e. The van der Waals surface area contributed by atoms with Gasteiger partial charge >= 0.3 is 0 Å². The Morgan fingerprint density at radius 3 is 2.41 bits per heavy atom. The van der Waals surface area contributed by atoms with Crippen molar-refractivity contribution in [3.05, 3.63) is 59.2 Å². The van der Waals surface area contributed by atoms with Gasteiger partial charge < -0.3 is 4.74 Å². The van der Waals surface area contributed by atoms with Gasteiger partial charge in [-0.3, -0.25) is 0 Å². The summed E-state index contributed by atoms with van der Waals surface area (Å²) in [6.45, 7) is 6.74. The highest BCUT2D eigenvalue weighted by molar-refractivity contribution is 5.57. The van der Waals surface area contributed by atoms with Crippen LogP contribution >= 0.6 is 0 Å². The van der Waals surface area contributed by atoms with Crippen molar-refractivity contribution in [2.75, 3.05) is 0 Å². The van der Waals surface area contributed by atoms with Gasteiger partial charge in [0.2, 0.25) is 0 Å². The molecule has 2 aromatic rings. The molecule has 1 heterocycles. The Kier molecular flexibility index (Phi) is 2.06. The van der Waals surface area contributed by atoms with Crippen LogP contribution < -0.4 is 0 Å². The van der Waals surface area contributed by atoms with Crippen LogP contribution in [0, 0.1) is 6.92 Å². The van der Waals surface area contributed by atoms with E-state index in [-0.39, 0.29) is 5.41 Å². The molecule has 0 spiro atoms. The Labute approximate surface area is 102 Å². The lowest BCUT2D eigenvalue weighted by Gasteiger charge is -2.32. The number of aromatic hydroxyl groups is 2. The van der Waals surface area contributed by atoms with Crippen LogP contribution in [0.4, 0.5) is 0 Å². The first-order valence-corrected chi connectivity index (χ1v) is 6.02. The molecule has 0 aliphatic carbocycles. The summed E-state index contributed by atoms with van der Waals surface area (Å²) in [7, 11) is 0. The van der Waals surface area contributed by atoms with E-state index >= 15 is 0 Å². The van der Waals surface area contributed by atoms with Gasteiger partial charge in [-0.25, -0.2) is 0 Å². The molecule has 2 aromatic carbocycles. The quantitative estimate of drug-likeness (QED) is 0.593. The normalized spacial score (nSPS) is 15.7. The summed E-state index contributed by atoms with van der Waals surface area (Å²) >= 11 is 0. The van der Waals surface area contributed by atoms with E-state index < -0.39 is 0 Å². The van der Waals surface area contributed by atoms with Crippen molar-refractivity contribution in [3.8, 4) is 11.5 Å². The van der Waals surface area contributed by atoms with Gasteiger partial charge in [0.05, 0.1) is 11.1 Å². The van der Waals surface area contributed by atoms with Gasteiger partial charge in [-0.1, -0.05) is 38.1 Å². The number of benzene rings is 2. The van der Waals surface area contributed by atoms with Crippen molar-refractivity contribution in [3.63, 3.8) is 0 Å². The minimum absolute atomic E-state index is 0.0407. The fourth-order valence-electron chi connectivity index (χ4n) is 2.92. The lowest BCUT2D eigenvalue weighted by Crippen LogP contribution is -2.24. The van der Waals surface area contributed by atoms with Crippen molar-refractivity contribution in [2.45, 2.75) is 26.2 Å². The lowest BCUT2D eigenvalue weighted by molar-refractivity contribution is 0.175. The standard InChI is InChI=1S/C16H16O/c1-11-7-6-10-14-15(11)16(2,3)12-8-4-5-9-13(12)17-14/h4-10H,1-3H3/p+1. The number of aryl methyl sites for hydroxylation is 1. The second kappa shape index (κ2) is 3.36. The first-order chi connectivity index (χ1) is 8.10. The topological polar surface area (TPSA) is 12.8 Å². The molecule has 1 aliphatic rings. The zero-order chi connectivity index (χ0) is 12.0. The van der Waals surface area contributed by atoms with E-state index in [2.05, 4.69) is 63.2 Å². The molecule has 0 fully saturated rings. The third kappa shape index (κ3) is 1.39. The van der Waals surface area contributed by atoms with Crippen molar-refractivity contribution in [1.82, 2.24) is 0 Å². The lowest BCUT2D eigenvalue weighted by atomic mass is 9.74. The van der Waals surface area contributed by atoms with Crippen LogP contribution in [0.2, 0.25) is 0 Å². The van der Waals surface area contributed by atoms with Gasteiger partial charge in [-0.15, -0.1) is 0 Å². The van der Waals surface area contributed by atoms with E-state index in [0.29, 0.717) is 0 Å². The first-order valence-electron chi connectivity index (χ1n) is 6.02. The van der Waals surface area contributed by atoms with E-state index in [0.717, 1.165) is 11.5 Å². The third-order valence-electron chi connectivity index (χ3n) is 3.69. The molecule has 0 atom stereocenters. The molecule has 0 saturated carbocycles. The highest BCUT2D eigenvalue weighted by Crippen LogP contribution is 2.49. The summed E-state index contributed by atoms with van der Waals surface area (Å²) in [5, 5.41) is 0. The van der Waals surface area contributed by atoms with Crippen molar-refractivity contribution < 1.29 is 4.74 Å². The summed E-state index contributed by atoms with van der Waals surface area (Å²) in [5.41, 5.74) is 4.05. The Balaban J connectivity index is 2.32. The van der Waals surface area contributed by atoms with E-state index in [1.165, 1.54) is 16.7 Å². The minimum Gasteiger partial charge on any atom is -0.546 e. The van der Waals surface area contributed by atoms with Gasteiger partial charge in [0.15, 0.2) is 0 Å². The molecule has 17 heavy (non-hydrogen) atoms. The molecule has 0 amide bonds. The molecule has 0 unspecified atom stereocenters. The van der Waals surface area contributed by atoms with E-state index in [1.807, 2.05) is 0 Å². The second-order valence-corrected chi connectivity index (χ2v) is 5.22.